The van der Waals surface area contributed by atoms with Gasteiger partial charge in [-0.05, 0) is 55.8 Å². The van der Waals surface area contributed by atoms with E-state index in [1.54, 1.807) is 55.0 Å². The zero-order valence-electron chi connectivity index (χ0n) is 23.7. The summed E-state index contributed by atoms with van der Waals surface area (Å²) in [6, 6.07) is 26.5. The molecule has 0 bridgehead atoms. The lowest BCUT2D eigenvalue weighted by Gasteiger charge is -2.25. The van der Waals surface area contributed by atoms with Crippen molar-refractivity contribution < 1.29 is 18.7 Å². The summed E-state index contributed by atoms with van der Waals surface area (Å²) in [5.74, 6) is 1.36. The maximum absolute atomic E-state index is 14.0. The molecule has 1 aliphatic rings. The van der Waals surface area contributed by atoms with Crippen molar-refractivity contribution in [1.82, 2.24) is 4.57 Å². The standard InChI is InChI=1S/C34H27N3O5S/c1-20-30(32(39)36-25-9-5-4-6-10-25)31(24-8-7-11-26(18-24)41-3)37-33(40)29(43-34(37)35-20)19-27-16-17-28(42-27)23-14-12-22(13-15-23)21(2)38/h4-19,31H,1-3H3,(H,36,39)/b29-19-/t31-/m0/s1. The molecule has 214 valence electrons. The van der Waals surface area contributed by atoms with Crippen LogP contribution in [-0.4, -0.2) is 23.4 Å². The maximum atomic E-state index is 14.0. The highest BCUT2D eigenvalue weighted by Gasteiger charge is 2.32. The highest BCUT2D eigenvalue weighted by Crippen LogP contribution is 2.32. The second-order valence-electron chi connectivity index (χ2n) is 10.0. The molecule has 0 saturated heterocycles. The summed E-state index contributed by atoms with van der Waals surface area (Å²) in [6.45, 7) is 3.30. The number of anilines is 1. The number of thiazole rings is 1. The van der Waals surface area contributed by atoms with Gasteiger partial charge in [-0.25, -0.2) is 4.99 Å². The normalized spacial score (nSPS) is 14.7. The topological polar surface area (TPSA) is 103 Å². The Morgan fingerprint density at radius 1 is 1.00 bits per heavy atom. The van der Waals surface area contributed by atoms with Gasteiger partial charge in [0.15, 0.2) is 10.6 Å². The number of carbonyl (C=O) groups is 2. The van der Waals surface area contributed by atoms with Gasteiger partial charge in [0.1, 0.15) is 17.3 Å². The molecule has 0 saturated carbocycles. The number of amides is 1. The molecule has 0 spiro atoms. The zero-order chi connectivity index (χ0) is 30.1. The Balaban J connectivity index is 1.43. The molecule has 3 heterocycles. The minimum Gasteiger partial charge on any atom is -0.497 e. The van der Waals surface area contributed by atoms with E-state index >= 15 is 0 Å². The van der Waals surface area contributed by atoms with Crippen LogP contribution in [0.3, 0.4) is 0 Å². The van der Waals surface area contributed by atoms with Crippen LogP contribution in [0.15, 0.2) is 116 Å². The van der Waals surface area contributed by atoms with Crippen molar-refractivity contribution in [2.75, 3.05) is 12.4 Å². The molecule has 5 aromatic rings. The molecule has 43 heavy (non-hydrogen) atoms. The summed E-state index contributed by atoms with van der Waals surface area (Å²) in [7, 11) is 1.57. The van der Waals surface area contributed by atoms with Gasteiger partial charge in [0.05, 0.1) is 29.0 Å². The van der Waals surface area contributed by atoms with Crippen LogP contribution in [0.25, 0.3) is 17.4 Å². The molecule has 0 aliphatic carbocycles. The van der Waals surface area contributed by atoms with E-state index in [4.69, 9.17) is 14.1 Å². The summed E-state index contributed by atoms with van der Waals surface area (Å²) >= 11 is 1.23. The maximum Gasteiger partial charge on any atom is 0.271 e. The monoisotopic (exact) mass is 589 g/mol. The predicted molar refractivity (Wildman–Crippen MR) is 166 cm³/mol. The summed E-state index contributed by atoms with van der Waals surface area (Å²) in [6.07, 6.45) is 1.68. The average molecular weight is 590 g/mol. The third-order valence-electron chi connectivity index (χ3n) is 7.18. The molecule has 6 rings (SSSR count). The van der Waals surface area contributed by atoms with Gasteiger partial charge in [0.2, 0.25) is 0 Å². The molecular weight excluding hydrogens is 562 g/mol. The first-order valence-corrected chi connectivity index (χ1v) is 14.4. The Morgan fingerprint density at radius 3 is 2.49 bits per heavy atom. The van der Waals surface area contributed by atoms with Crippen LogP contribution in [0.5, 0.6) is 5.75 Å². The Kier molecular flexibility index (Phi) is 7.48. The number of allylic oxidation sites excluding steroid dienone is 1. The average Bonchev–Trinajstić information content (AvgIpc) is 3.61. The fourth-order valence-corrected chi connectivity index (χ4v) is 6.07. The number of rotatable bonds is 7. The van der Waals surface area contributed by atoms with Crippen molar-refractivity contribution in [1.29, 1.82) is 0 Å². The van der Waals surface area contributed by atoms with Crippen molar-refractivity contribution in [3.63, 3.8) is 0 Å². The number of para-hydroxylation sites is 1. The SMILES string of the molecule is COc1cccc([C@H]2C(C(=O)Nc3ccccc3)=C(C)N=c3s/c(=C\c4ccc(-c5ccc(C(C)=O)cc5)o4)c(=O)n32)c1. The zero-order valence-corrected chi connectivity index (χ0v) is 24.5. The van der Waals surface area contributed by atoms with Crippen LogP contribution < -0.4 is 24.9 Å². The third-order valence-corrected chi connectivity index (χ3v) is 8.17. The summed E-state index contributed by atoms with van der Waals surface area (Å²) in [4.78, 5) is 44.5. The number of benzene rings is 3. The second-order valence-corrected chi connectivity index (χ2v) is 11.0. The molecular formula is C34H27N3O5S. The van der Waals surface area contributed by atoms with Crippen LogP contribution in [0.1, 0.15) is 41.6 Å². The number of hydrogen-bond donors (Lipinski definition) is 1. The number of methoxy groups -OCH3 is 1. The fraction of sp³-hybridized carbons (Fsp3) is 0.118. The first-order valence-electron chi connectivity index (χ1n) is 13.6. The van der Waals surface area contributed by atoms with E-state index in [2.05, 4.69) is 5.32 Å². The van der Waals surface area contributed by atoms with Crippen molar-refractivity contribution in [3.05, 3.63) is 139 Å². The second kappa shape index (κ2) is 11.5. The van der Waals surface area contributed by atoms with Gasteiger partial charge in [-0.1, -0.05) is 65.9 Å². The van der Waals surface area contributed by atoms with Crippen LogP contribution in [0, 0.1) is 0 Å². The molecule has 1 amide bonds. The van der Waals surface area contributed by atoms with Gasteiger partial charge < -0.3 is 14.5 Å². The number of hydrogen-bond acceptors (Lipinski definition) is 7. The molecule has 1 atom stereocenters. The van der Waals surface area contributed by atoms with Gasteiger partial charge in [-0.15, -0.1) is 0 Å². The number of ether oxygens (including phenoxy) is 1. The first-order chi connectivity index (χ1) is 20.8. The van der Waals surface area contributed by atoms with Crippen molar-refractivity contribution in [2.45, 2.75) is 19.9 Å². The third kappa shape index (κ3) is 5.50. The highest BCUT2D eigenvalue weighted by molar-refractivity contribution is 7.07. The number of carbonyl (C=O) groups excluding carboxylic acids is 2. The molecule has 0 fully saturated rings. The number of ketones is 1. The number of fused-ring (bicyclic) bond motifs is 1. The van der Waals surface area contributed by atoms with Gasteiger partial charge in [-0.2, -0.15) is 0 Å². The minimum absolute atomic E-state index is 0.00903. The number of Topliss-reactive ketones (excluding diaryl/α,β-unsaturated/α-hetero) is 1. The van der Waals surface area contributed by atoms with Crippen LogP contribution >= 0.6 is 11.3 Å². The van der Waals surface area contributed by atoms with Gasteiger partial charge in [0, 0.05) is 22.9 Å². The summed E-state index contributed by atoms with van der Waals surface area (Å²) in [5, 5.41) is 2.95. The van der Waals surface area contributed by atoms with Crippen LogP contribution in [0.2, 0.25) is 0 Å². The van der Waals surface area contributed by atoms with E-state index in [0.717, 1.165) is 5.56 Å². The van der Waals surface area contributed by atoms with E-state index in [1.807, 2.05) is 60.7 Å². The van der Waals surface area contributed by atoms with Gasteiger partial charge in [0.25, 0.3) is 11.5 Å². The lowest BCUT2D eigenvalue weighted by atomic mass is 9.95. The lowest BCUT2D eigenvalue weighted by Crippen LogP contribution is -2.40. The molecule has 9 heteroatoms. The quantitative estimate of drug-likeness (QED) is 0.258. The van der Waals surface area contributed by atoms with E-state index in [-0.39, 0.29) is 17.2 Å². The largest absolute Gasteiger partial charge is 0.497 e. The van der Waals surface area contributed by atoms with Crippen molar-refractivity contribution in [3.8, 4) is 17.1 Å². The molecule has 2 aromatic heterocycles. The van der Waals surface area contributed by atoms with Gasteiger partial charge in [-0.3, -0.25) is 19.0 Å². The summed E-state index contributed by atoms with van der Waals surface area (Å²) in [5.41, 5.74) is 3.38. The molecule has 1 aliphatic heterocycles. The number of nitrogens with one attached hydrogen (secondary N) is 1. The van der Waals surface area contributed by atoms with Crippen molar-refractivity contribution >= 4 is 34.8 Å². The Hall–Kier alpha value is -5.28. The lowest BCUT2D eigenvalue weighted by molar-refractivity contribution is -0.113. The smallest absolute Gasteiger partial charge is 0.271 e. The van der Waals surface area contributed by atoms with Crippen molar-refractivity contribution in [2.24, 2.45) is 4.99 Å². The Morgan fingerprint density at radius 2 is 1.77 bits per heavy atom. The van der Waals surface area contributed by atoms with Crippen LogP contribution in [-0.2, 0) is 4.79 Å². The first kappa shape index (κ1) is 27.9. The molecule has 1 N–H and O–H groups in total. The van der Waals surface area contributed by atoms with E-state index in [0.29, 0.717) is 54.7 Å². The summed E-state index contributed by atoms with van der Waals surface area (Å²) < 4.78 is 13.5. The minimum atomic E-state index is -0.732. The molecule has 0 unspecified atom stereocenters. The Bertz CT molecular complexity index is 2070. The van der Waals surface area contributed by atoms with Gasteiger partial charge >= 0.3 is 0 Å². The molecule has 8 nitrogen and oxygen atoms in total. The van der Waals surface area contributed by atoms with E-state index in [9.17, 15) is 14.4 Å². The molecule has 0 radical (unpaired) electrons. The van der Waals surface area contributed by atoms with Crippen LogP contribution in [0.4, 0.5) is 5.69 Å². The molecule has 3 aromatic carbocycles. The Labute approximate surface area is 250 Å². The van der Waals surface area contributed by atoms with E-state index in [1.165, 1.54) is 18.3 Å². The fourth-order valence-electron chi connectivity index (χ4n) is 5.04. The number of nitrogens with zero attached hydrogens (tertiary/aromatic N) is 2. The van der Waals surface area contributed by atoms with E-state index < -0.39 is 6.04 Å². The highest BCUT2D eigenvalue weighted by atomic mass is 32.1. The predicted octanol–water partition coefficient (Wildman–Crippen LogP) is 5.35. The number of aromatic nitrogens is 1. The number of furan rings is 1.